The Hall–Kier alpha value is -2.82. The molecule has 0 unspecified atom stereocenters. The minimum absolute atomic E-state index is 0.166. The molecular weight excluding hydrogens is 326 g/mol. The lowest BCUT2D eigenvalue weighted by Crippen LogP contribution is -2.55. The molecule has 0 radical (unpaired) electrons. The van der Waals surface area contributed by atoms with Crippen molar-refractivity contribution >= 4 is 11.0 Å². The molecule has 0 saturated heterocycles. The summed E-state index contributed by atoms with van der Waals surface area (Å²) in [6, 6.07) is 4.02. The molecule has 1 aliphatic rings. The number of nitrogens with one attached hydrogen (secondary N) is 1. The van der Waals surface area contributed by atoms with Crippen LogP contribution < -0.4 is 0 Å². The number of nitrogens with zero attached hydrogens (tertiary/aromatic N) is 5. The summed E-state index contributed by atoms with van der Waals surface area (Å²) in [7, 11) is 0. The third-order valence-corrected chi connectivity index (χ3v) is 5.08. The zero-order valence-electron chi connectivity index (χ0n) is 13.4. The third-order valence-electron chi connectivity index (χ3n) is 5.08. The van der Waals surface area contributed by atoms with Crippen LogP contribution in [0.25, 0.3) is 22.3 Å². The van der Waals surface area contributed by atoms with E-state index in [-0.39, 0.29) is 19.3 Å². The van der Waals surface area contributed by atoms with Crippen molar-refractivity contribution in [2.24, 2.45) is 5.41 Å². The van der Waals surface area contributed by atoms with Crippen molar-refractivity contribution in [3.63, 3.8) is 0 Å². The Labute approximate surface area is 142 Å². The largest absolute Gasteiger partial charge is 0.346 e. The summed E-state index contributed by atoms with van der Waals surface area (Å²) in [5.74, 6) is 0. The van der Waals surface area contributed by atoms with Crippen molar-refractivity contribution in [1.82, 2.24) is 24.7 Å². The molecule has 6 nitrogen and oxygen atoms in total. The molecule has 1 N–H and O–H groups in total. The van der Waals surface area contributed by atoms with Crippen molar-refractivity contribution in [2.45, 2.75) is 24.8 Å². The molecule has 0 atom stereocenters. The van der Waals surface area contributed by atoms with Gasteiger partial charge in [-0.1, -0.05) is 0 Å². The second kappa shape index (κ2) is 5.62. The van der Waals surface area contributed by atoms with Crippen molar-refractivity contribution in [3.8, 4) is 17.3 Å². The molecule has 0 spiro atoms. The summed E-state index contributed by atoms with van der Waals surface area (Å²) in [5.41, 5.74) is 0.594. The Morgan fingerprint density at radius 2 is 2.08 bits per heavy atom. The molecule has 3 heterocycles. The zero-order chi connectivity index (χ0) is 17.5. The lowest BCUT2D eigenvalue weighted by molar-refractivity contribution is -0.0653. The highest BCUT2D eigenvalue weighted by Crippen LogP contribution is 2.55. The van der Waals surface area contributed by atoms with Gasteiger partial charge in [0, 0.05) is 28.8 Å². The lowest BCUT2D eigenvalue weighted by Gasteiger charge is -2.53. The van der Waals surface area contributed by atoms with Gasteiger partial charge in [-0.3, -0.25) is 13.5 Å². The van der Waals surface area contributed by atoms with Gasteiger partial charge in [-0.05, 0) is 18.9 Å². The number of H-pyrrole nitrogens is 1. The Morgan fingerprint density at radius 1 is 1.28 bits per heavy atom. The summed E-state index contributed by atoms with van der Waals surface area (Å²) < 4.78 is 28.1. The number of halogens is 2. The zero-order valence-corrected chi connectivity index (χ0v) is 13.4. The molecule has 0 aliphatic heterocycles. The average molecular weight is 342 g/mol. The number of hydrogen-bond acceptors (Lipinski definition) is 4. The topological polar surface area (TPSA) is 83.2 Å². The number of fused-ring (bicyclic) bond motifs is 1. The van der Waals surface area contributed by atoms with E-state index in [0.717, 1.165) is 22.3 Å². The highest BCUT2D eigenvalue weighted by atomic mass is 19.1. The van der Waals surface area contributed by atoms with Crippen LogP contribution in [-0.2, 0) is 5.54 Å². The number of aromatic nitrogens is 5. The van der Waals surface area contributed by atoms with Gasteiger partial charge in [-0.2, -0.15) is 10.4 Å². The Balaban J connectivity index is 1.71. The van der Waals surface area contributed by atoms with Gasteiger partial charge in [-0.25, -0.2) is 9.97 Å². The fourth-order valence-corrected chi connectivity index (χ4v) is 3.89. The monoisotopic (exact) mass is 342 g/mol. The Kier molecular flexibility index (Phi) is 3.53. The van der Waals surface area contributed by atoms with E-state index in [0.29, 0.717) is 0 Å². The van der Waals surface area contributed by atoms with Crippen LogP contribution >= 0.6 is 0 Å². The maximum absolute atomic E-state index is 13.2. The van der Waals surface area contributed by atoms with E-state index < -0.39 is 24.3 Å². The quantitative estimate of drug-likeness (QED) is 0.772. The molecule has 8 heteroatoms. The van der Waals surface area contributed by atoms with Crippen LogP contribution in [0.15, 0.2) is 31.0 Å². The highest BCUT2D eigenvalue weighted by Gasteiger charge is 2.56. The molecular formula is C17H16F2N6. The van der Waals surface area contributed by atoms with Gasteiger partial charge in [0.2, 0.25) is 0 Å². The van der Waals surface area contributed by atoms with Crippen molar-refractivity contribution in [3.05, 3.63) is 31.0 Å². The second-order valence-corrected chi connectivity index (χ2v) is 6.82. The highest BCUT2D eigenvalue weighted by molar-refractivity contribution is 5.89. The predicted octanol–water partition coefficient (Wildman–Crippen LogP) is 3.15. The van der Waals surface area contributed by atoms with E-state index >= 15 is 0 Å². The fraction of sp³-hybridized carbons (Fsp3) is 0.412. The number of rotatable bonds is 5. The van der Waals surface area contributed by atoms with Crippen LogP contribution in [0.3, 0.4) is 0 Å². The van der Waals surface area contributed by atoms with Gasteiger partial charge < -0.3 is 4.98 Å². The molecule has 0 aromatic carbocycles. The third kappa shape index (κ3) is 2.30. The molecule has 25 heavy (non-hydrogen) atoms. The first-order chi connectivity index (χ1) is 12.2. The molecule has 1 aliphatic carbocycles. The minimum Gasteiger partial charge on any atom is -0.346 e. The normalized spacial score (nSPS) is 18.0. The van der Waals surface area contributed by atoms with Crippen LogP contribution in [0.2, 0.25) is 0 Å². The van der Waals surface area contributed by atoms with Crippen LogP contribution in [-0.4, -0.2) is 38.1 Å². The van der Waals surface area contributed by atoms with Gasteiger partial charge in [0.1, 0.15) is 12.0 Å². The van der Waals surface area contributed by atoms with Gasteiger partial charge in [0.05, 0.1) is 43.3 Å². The van der Waals surface area contributed by atoms with Crippen LogP contribution in [0, 0.1) is 16.7 Å². The number of nitriles is 1. The van der Waals surface area contributed by atoms with Crippen LogP contribution in [0.4, 0.5) is 8.78 Å². The van der Waals surface area contributed by atoms with Gasteiger partial charge >= 0.3 is 0 Å². The Bertz CT molecular complexity index is 941. The van der Waals surface area contributed by atoms with Crippen molar-refractivity contribution in [1.29, 1.82) is 5.26 Å². The summed E-state index contributed by atoms with van der Waals surface area (Å²) in [6.45, 7) is -1.44. The van der Waals surface area contributed by atoms with E-state index in [4.69, 9.17) is 0 Å². The predicted molar refractivity (Wildman–Crippen MR) is 86.9 cm³/mol. The first-order valence-corrected chi connectivity index (χ1v) is 7.98. The van der Waals surface area contributed by atoms with E-state index in [1.54, 1.807) is 23.3 Å². The standard InChI is InChI=1S/C17H16F2N6/c18-9-16(10-19)7-17(8-16,2-3-20)25-6-12(5-24-25)14-13-1-4-21-15(13)23-11-22-14/h1,4-6,11H,2,7-10H2,(H,21,22,23). The minimum atomic E-state index is -0.980. The molecule has 1 saturated carbocycles. The van der Waals surface area contributed by atoms with E-state index in [1.807, 2.05) is 6.07 Å². The maximum Gasteiger partial charge on any atom is 0.141 e. The SMILES string of the molecule is N#CCC1(n2cc(-c3ncnc4[nH]ccc34)cn2)CC(CF)(CF)C1. The first kappa shape index (κ1) is 15.7. The first-order valence-electron chi connectivity index (χ1n) is 7.98. The average Bonchev–Trinajstić information content (AvgIpc) is 3.26. The fourth-order valence-electron chi connectivity index (χ4n) is 3.89. The maximum atomic E-state index is 13.2. The van der Waals surface area contributed by atoms with Crippen molar-refractivity contribution < 1.29 is 8.78 Å². The number of aromatic amines is 1. The second-order valence-electron chi connectivity index (χ2n) is 6.82. The van der Waals surface area contributed by atoms with Crippen molar-refractivity contribution in [2.75, 3.05) is 13.3 Å². The summed E-state index contributed by atoms with van der Waals surface area (Å²) in [5, 5.41) is 14.4. The molecule has 0 bridgehead atoms. The summed E-state index contributed by atoms with van der Waals surface area (Å²) in [6.07, 6.45) is 7.42. The summed E-state index contributed by atoms with van der Waals surface area (Å²) in [4.78, 5) is 11.5. The van der Waals surface area contributed by atoms with Crippen LogP contribution in [0.1, 0.15) is 19.3 Å². The van der Waals surface area contributed by atoms with Gasteiger partial charge in [-0.15, -0.1) is 0 Å². The molecule has 1 fully saturated rings. The molecule has 128 valence electrons. The summed E-state index contributed by atoms with van der Waals surface area (Å²) >= 11 is 0. The molecule has 3 aromatic heterocycles. The molecule has 3 aromatic rings. The Morgan fingerprint density at radius 3 is 2.80 bits per heavy atom. The van der Waals surface area contributed by atoms with E-state index in [9.17, 15) is 14.0 Å². The number of hydrogen-bond donors (Lipinski definition) is 1. The van der Waals surface area contributed by atoms with E-state index in [2.05, 4.69) is 26.1 Å². The smallest absolute Gasteiger partial charge is 0.141 e. The van der Waals surface area contributed by atoms with E-state index in [1.165, 1.54) is 6.33 Å². The number of alkyl halides is 2. The van der Waals surface area contributed by atoms with Gasteiger partial charge in [0.25, 0.3) is 0 Å². The lowest BCUT2D eigenvalue weighted by atomic mass is 9.57. The molecule has 0 amide bonds. The van der Waals surface area contributed by atoms with Crippen LogP contribution in [0.5, 0.6) is 0 Å². The van der Waals surface area contributed by atoms with Gasteiger partial charge in [0.15, 0.2) is 0 Å². The molecule has 4 rings (SSSR count).